The summed E-state index contributed by atoms with van der Waals surface area (Å²) in [5, 5.41) is 3.50. The van der Waals surface area contributed by atoms with Gasteiger partial charge in [-0.3, -0.25) is 4.79 Å². The molecule has 1 aliphatic heterocycles. The summed E-state index contributed by atoms with van der Waals surface area (Å²) in [5.74, 6) is 0.252. The average Bonchev–Trinajstić information content (AvgIpc) is 2.99. The van der Waals surface area contributed by atoms with Crippen molar-refractivity contribution in [2.24, 2.45) is 0 Å². The highest BCUT2D eigenvalue weighted by molar-refractivity contribution is 5.84. The van der Waals surface area contributed by atoms with Crippen LogP contribution in [0.15, 0.2) is 30.3 Å². The summed E-state index contributed by atoms with van der Waals surface area (Å²) < 4.78 is 0. The van der Waals surface area contributed by atoms with Crippen LogP contribution in [0, 0.1) is 0 Å². The third-order valence-corrected chi connectivity index (χ3v) is 4.39. The molecular formula is C18H28N2O. The molecule has 0 aliphatic carbocycles. The third kappa shape index (κ3) is 4.07. The van der Waals surface area contributed by atoms with E-state index in [-0.39, 0.29) is 17.9 Å². The molecule has 2 rings (SSSR count). The Labute approximate surface area is 128 Å². The smallest absolute Gasteiger partial charge is 0.230 e. The monoisotopic (exact) mass is 288 g/mol. The zero-order valence-corrected chi connectivity index (χ0v) is 13.5. The predicted molar refractivity (Wildman–Crippen MR) is 87.3 cm³/mol. The normalized spacial score (nSPS) is 19.7. The summed E-state index contributed by atoms with van der Waals surface area (Å²) >= 11 is 0. The predicted octanol–water partition coefficient (Wildman–Crippen LogP) is 3.17. The lowest BCUT2D eigenvalue weighted by atomic mass is 9.94. The first-order valence-corrected chi connectivity index (χ1v) is 8.22. The van der Waals surface area contributed by atoms with Gasteiger partial charge in [-0.05, 0) is 45.2 Å². The minimum Gasteiger partial charge on any atom is -0.338 e. The summed E-state index contributed by atoms with van der Waals surface area (Å²) in [5.41, 5.74) is 1.13. The standard InChI is InChI=1S/C18H28N2O/c1-4-17(15-9-6-5-7-10-15)18(21)20(14(2)3)13-16-11-8-12-19-16/h5-7,9-10,14,16-17,19H,4,8,11-13H2,1-3H3. The van der Waals surface area contributed by atoms with Crippen molar-refractivity contribution in [3.8, 4) is 0 Å². The minimum absolute atomic E-state index is 0.0185. The molecule has 2 atom stereocenters. The van der Waals surface area contributed by atoms with Crippen LogP contribution < -0.4 is 5.32 Å². The molecule has 1 fully saturated rings. The summed E-state index contributed by atoms with van der Waals surface area (Å²) in [7, 11) is 0. The summed E-state index contributed by atoms with van der Waals surface area (Å²) in [4.78, 5) is 15.1. The van der Waals surface area contributed by atoms with E-state index in [0.717, 1.165) is 25.1 Å². The number of carbonyl (C=O) groups excluding carboxylic acids is 1. The second-order valence-corrected chi connectivity index (χ2v) is 6.25. The Balaban J connectivity index is 2.12. The molecule has 1 aromatic rings. The molecular weight excluding hydrogens is 260 g/mol. The first-order chi connectivity index (χ1) is 10.1. The van der Waals surface area contributed by atoms with Crippen molar-refractivity contribution >= 4 is 5.91 Å². The van der Waals surface area contributed by atoms with E-state index in [0.29, 0.717) is 6.04 Å². The molecule has 1 amide bonds. The fourth-order valence-corrected chi connectivity index (χ4v) is 3.14. The van der Waals surface area contributed by atoms with Crippen LogP contribution in [0.4, 0.5) is 0 Å². The number of hydrogen-bond acceptors (Lipinski definition) is 2. The Bertz CT molecular complexity index is 438. The van der Waals surface area contributed by atoms with E-state index >= 15 is 0 Å². The molecule has 0 aromatic heterocycles. The van der Waals surface area contributed by atoms with Crippen LogP contribution in [0.25, 0.3) is 0 Å². The van der Waals surface area contributed by atoms with Crippen LogP contribution in [0.2, 0.25) is 0 Å². The number of amides is 1. The Morgan fingerprint density at radius 3 is 2.57 bits per heavy atom. The van der Waals surface area contributed by atoms with Gasteiger partial charge in [0.2, 0.25) is 5.91 Å². The molecule has 1 saturated heterocycles. The molecule has 0 spiro atoms. The van der Waals surface area contributed by atoms with Gasteiger partial charge < -0.3 is 10.2 Å². The van der Waals surface area contributed by atoms with Crippen molar-refractivity contribution in [3.63, 3.8) is 0 Å². The van der Waals surface area contributed by atoms with Gasteiger partial charge in [0, 0.05) is 18.6 Å². The van der Waals surface area contributed by atoms with E-state index in [9.17, 15) is 4.79 Å². The second-order valence-electron chi connectivity index (χ2n) is 6.25. The molecule has 3 heteroatoms. The van der Waals surface area contributed by atoms with Gasteiger partial charge in [0.25, 0.3) is 0 Å². The fraction of sp³-hybridized carbons (Fsp3) is 0.611. The fourth-order valence-electron chi connectivity index (χ4n) is 3.14. The third-order valence-electron chi connectivity index (χ3n) is 4.39. The Morgan fingerprint density at radius 2 is 2.05 bits per heavy atom. The highest BCUT2D eigenvalue weighted by Gasteiger charge is 2.28. The quantitative estimate of drug-likeness (QED) is 0.872. The Hall–Kier alpha value is -1.35. The van der Waals surface area contributed by atoms with Crippen LogP contribution in [0.1, 0.15) is 51.5 Å². The van der Waals surface area contributed by atoms with Crippen molar-refractivity contribution in [1.82, 2.24) is 10.2 Å². The molecule has 116 valence electrons. The largest absolute Gasteiger partial charge is 0.338 e. The highest BCUT2D eigenvalue weighted by atomic mass is 16.2. The summed E-state index contributed by atoms with van der Waals surface area (Å²) in [6.07, 6.45) is 3.25. The number of nitrogens with one attached hydrogen (secondary N) is 1. The van der Waals surface area contributed by atoms with Gasteiger partial charge in [-0.15, -0.1) is 0 Å². The van der Waals surface area contributed by atoms with Gasteiger partial charge in [-0.2, -0.15) is 0 Å². The molecule has 1 aliphatic rings. The van der Waals surface area contributed by atoms with Crippen molar-refractivity contribution in [1.29, 1.82) is 0 Å². The minimum atomic E-state index is -0.0185. The van der Waals surface area contributed by atoms with Crippen LogP contribution in [0.3, 0.4) is 0 Å². The van der Waals surface area contributed by atoms with E-state index in [1.807, 2.05) is 18.2 Å². The second kappa shape index (κ2) is 7.60. The molecule has 1 aromatic carbocycles. The topological polar surface area (TPSA) is 32.3 Å². The number of benzene rings is 1. The highest BCUT2D eigenvalue weighted by Crippen LogP contribution is 2.23. The molecule has 1 heterocycles. The van der Waals surface area contributed by atoms with Crippen LogP contribution in [-0.2, 0) is 4.79 Å². The van der Waals surface area contributed by atoms with Crippen LogP contribution >= 0.6 is 0 Å². The van der Waals surface area contributed by atoms with Crippen molar-refractivity contribution < 1.29 is 4.79 Å². The van der Waals surface area contributed by atoms with E-state index in [2.05, 4.69) is 43.1 Å². The molecule has 21 heavy (non-hydrogen) atoms. The molecule has 0 bridgehead atoms. The number of carbonyl (C=O) groups is 1. The van der Waals surface area contributed by atoms with Crippen molar-refractivity contribution in [2.75, 3.05) is 13.1 Å². The van der Waals surface area contributed by atoms with E-state index in [1.54, 1.807) is 0 Å². The Kier molecular flexibility index (Phi) is 5.80. The lowest BCUT2D eigenvalue weighted by molar-refractivity contribution is -0.135. The first kappa shape index (κ1) is 16.0. The maximum absolute atomic E-state index is 13.0. The summed E-state index contributed by atoms with van der Waals surface area (Å²) in [6.45, 7) is 8.25. The van der Waals surface area contributed by atoms with Crippen LogP contribution in [0.5, 0.6) is 0 Å². The van der Waals surface area contributed by atoms with Gasteiger partial charge >= 0.3 is 0 Å². The zero-order chi connectivity index (χ0) is 15.2. The van der Waals surface area contributed by atoms with E-state index < -0.39 is 0 Å². The Morgan fingerprint density at radius 1 is 1.33 bits per heavy atom. The zero-order valence-electron chi connectivity index (χ0n) is 13.5. The van der Waals surface area contributed by atoms with E-state index in [4.69, 9.17) is 0 Å². The number of nitrogens with zero attached hydrogens (tertiary/aromatic N) is 1. The first-order valence-electron chi connectivity index (χ1n) is 8.22. The van der Waals surface area contributed by atoms with Gasteiger partial charge in [0.05, 0.1) is 5.92 Å². The van der Waals surface area contributed by atoms with Gasteiger partial charge in [0.15, 0.2) is 0 Å². The van der Waals surface area contributed by atoms with Gasteiger partial charge in [-0.25, -0.2) is 0 Å². The van der Waals surface area contributed by atoms with Crippen LogP contribution in [-0.4, -0.2) is 36.0 Å². The van der Waals surface area contributed by atoms with Crippen molar-refractivity contribution in [3.05, 3.63) is 35.9 Å². The maximum Gasteiger partial charge on any atom is 0.230 e. The molecule has 3 nitrogen and oxygen atoms in total. The average molecular weight is 288 g/mol. The van der Waals surface area contributed by atoms with Gasteiger partial charge in [0.1, 0.15) is 0 Å². The molecule has 1 N–H and O–H groups in total. The lowest BCUT2D eigenvalue weighted by Gasteiger charge is -2.32. The summed E-state index contributed by atoms with van der Waals surface area (Å²) in [6, 6.07) is 10.9. The number of hydrogen-bond donors (Lipinski definition) is 1. The maximum atomic E-state index is 13.0. The molecule has 0 radical (unpaired) electrons. The van der Waals surface area contributed by atoms with Gasteiger partial charge in [-0.1, -0.05) is 37.3 Å². The lowest BCUT2D eigenvalue weighted by Crippen LogP contribution is -2.46. The molecule has 0 saturated carbocycles. The number of rotatable bonds is 6. The van der Waals surface area contributed by atoms with E-state index in [1.165, 1.54) is 12.8 Å². The van der Waals surface area contributed by atoms with Crippen molar-refractivity contribution in [2.45, 2.75) is 58.0 Å². The SMILES string of the molecule is CCC(C(=O)N(CC1CCCN1)C(C)C)c1ccccc1. The molecule has 2 unspecified atom stereocenters.